The summed E-state index contributed by atoms with van der Waals surface area (Å²) in [7, 11) is 0. The zero-order valence-corrected chi connectivity index (χ0v) is 15.7. The highest BCUT2D eigenvalue weighted by molar-refractivity contribution is 7.18. The van der Waals surface area contributed by atoms with E-state index in [2.05, 4.69) is 20.4 Å². The quantitative estimate of drug-likeness (QED) is 0.859. The van der Waals surface area contributed by atoms with Crippen LogP contribution in [-0.2, 0) is 9.63 Å². The molecule has 136 valence electrons. The van der Waals surface area contributed by atoms with Crippen molar-refractivity contribution in [2.45, 2.75) is 31.8 Å². The molecule has 2 aliphatic heterocycles. The van der Waals surface area contributed by atoms with Crippen molar-refractivity contribution in [1.29, 1.82) is 0 Å². The van der Waals surface area contributed by atoms with Crippen LogP contribution in [-0.4, -0.2) is 35.8 Å². The summed E-state index contributed by atoms with van der Waals surface area (Å²) in [4.78, 5) is 25.3. The van der Waals surface area contributed by atoms with Gasteiger partial charge in [-0.05, 0) is 43.5 Å². The van der Waals surface area contributed by atoms with E-state index in [1.54, 1.807) is 0 Å². The van der Waals surface area contributed by atoms with E-state index in [-0.39, 0.29) is 5.91 Å². The fourth-order valence-corrected chi connectivity index (χ4v) is 4.17. The van der Waals surface area contributed by atoms with E-state index in [0.29, 0.717) is 16.6 Å². The fourth-order valence-electron chi connectivity index (χ4n) is 3.14. The first-order valence-electron chi connectivity index (χ1n) is 8.69. The van der Waals surface area contributed by atoms with Crippen LogP contribution in [0, 0.1) is 0 Å². The Morgan fingerprint density at radius 1 is 1.23 bits per heavy atom. The number of carbonyl (C=O) groups excluding carboxylic acids is 1. The second-order valence-corrected chi connectivity index (χ2v) is 8.09. The van der Waals surface area contributed by atoms with Gasteiger partial charge >= 0.3 is 0 Å². The van der Waals surface area contributed by atoms with E-state index in [0.717, 1.165) is 29.4 Å². The maximum atomic E-state index is 12.4. The number of thiophene rings is 1. The number of pyridine rings is 1. The largest absolute Gasteiger partial charge is 0.382 e. The summed E-state index contributed by atoms with van der Waals surface area (Å²) in [6.07, 6.45) is 5.32. The number of hydrogen-bond acceptors (Lipinski definition) is 6. The van der Waals surface area contributed by atoms with Gasteiger partial charge in [-0.25, -0.2) is 4.98 Å². The first-order chi connectivity index (χ1) is 12.7. The van der Waals surface area contributed by atoms with Gasteiger partial charge < -0.3 is 15.1 Å². The van der Waals surface area contributed by atoms with Gasteiger partial charge in [0.25, 0.3) is 5.91 Å². The number of halogens is 1. The van der Waals surface area contributed by atoms with Gasteiger partial charge in [0.2, 0.25) is 6.10 Å². The molecule has 1 atom stereocenters. The molecule has 0 spiro atoms. The van der Waals surface area contributed by atoms with Crippen molar-refractivity contribution in [3.63, 3.8) is 0 Å². The maximum absolute atomic E-state index is 12.4. The third-order valence-electron chi connectivity index (χ3n) is 4.54. The second-order valence-electron chi connectivity index (χ2n) is 6.38. The molecule has 6 nitrogen and oxygen atoms in total. The van der Waals surface area contributed by atoms with Crippen molar-refractivity contribution in [3.05, 3.63) is 39.7 Å². The van der Waals surface area contributed by atoms with Gasteiger partial charge in [0, 0.05) is 19.5 Å². The molecule has 0 aromatic carbocycles. The topological polar surface area (TPSA) is 66.8 Å². The Morgan fingerprint density at radius 3 is 2.77 bits per heavy atom. The van der Waals surface area contributed by atoms with Crippen LogP contribution < -0.4 is 10.2 Å². The standard InChI is InChI=1S/C18H19ClN4O2S/c19-16-6-5-15(26-16)13-10-14(25-22-13)18(24)21-17-7-4-12(11-20-17)23-8-2-1-3-9-23/h4-7,11,14H,1-3,8-10H2,(H,20,21,24). The highest BCUT2D eigenvalue weighted by Crippen LogP contribution is 2.27. The van der Waals surface area contributed by atoms with Crippen molar-refractivity contribution < 1.29 is 9.63 Å². The van der Waals surface area contributed by atoms with Gasteiger partial charge in [-0.1, -0.05) is 16.8 Å². The van der Waals surface area contributed by atoms with Gasteiger partial charge in [0.05, 0.1) is 21.1 Å². The van der Waals surface area contributed by atoms with E-state index < -0.39 is 6.10 Å². The predicted octanol–water partition coefficient (Wildman–Crippen LogP) is 3.92. The van der Waals surface area contributed by atoms with Crippen LogP contribution in [0.3, 0.4) is 0 Å². The molecule has 26 heavy (non-hydrogen) atoms. The molecule has 0 aliphatic carbocycles. The molecule has 2 aromatic heterocycles. The summed E-state index contributed by atoms with van der Waals surface area (Å²) < 4.78 is 0.689. The van der Waals surface area contributed by atoms with E-state index in [1.165, 1.54) is 30.6 Å². The highest BCUT2D eigenvalue weighted by atomic mass is 35.5. The zero-order valence-electron chi connectivity index (χ0n) is 14.2. The number of aromatic nitrogens is 1. The van der Waals surface area contributed by atoms with Gasteiger partial charge in [0.1, 0.15) is 11.5 Å². The summed E-state index contributed by atoms with van der Waals surface area (Å²) in [5, 5.41) is 6.82. The minimum Gasteiger partial charge on any atom is -0.382 e. The van der Waals surface area contributed by atoms with Crippen LogP contribution in [0.15, 0.2) is 35.6 Å². The number of nitrogens with zero attached hydrogens (tertiary/aromatic N) is 3. The Morgan fingerprint density at radius 2 is 2.08 bits per heavy atom. The van der Waals surface area contributed by atoms with Crippen molar-refractivity contribution in [2.75, 3.05) is 23.3 Å². The SMILES string of the molecule is O=C(Nc1ccc(N2CCCCC2)cn1)C1CC(c2ccc(Cl)s2)=NO1. The molecular weight excluding hydrogens is 372 g/mol. The molecule has 1 amide bonds. The monoisotopic (exact) mass is 390 g/mol. The second kappa shape index (κ2) is 7.63. The number of anilines is 2. The number of piperidine rings is 1. The number of carbonyl (C=O) groups is 1. The minimum absolute atomic E-state index is 0.246. The summed E-state index contributed by atoms with van der Waals surface area (Å²) in [5.41, 5.74) is 1.84. The molecule has 1 fully saturated rings. The number of rotatable bonds is 4. The number of amides is 1. The van der Waals surface area contributed by atoms with Crippen LogP contribution in [0.2, 0.25) is 4.34 Å². The first kappa shape index (κ1) is 17.3. The van der Waals surface area contributed by atoms with Crippen molar-refractivity contribution in [1.82, 2.24) is 4.98 Å². The molecule has 4 heterocycles. The Hall–Kier alpha value is -2.12. The number of nitrogens with one attached hydrogen (secondary N) is 1. The van der Waals surface area contributed by atoms with Gasteiger partial charge in [0.15, 0.2) is 0 Å². The Labute approximate surface area is 160 Å². The molecule has 2 aliphatic rings. The van der Waals surface area contributed by atoms with Crippen molar-refractivity contribution in [3.8, 4) is 0 Å². The Kier molecular flexibility index (Phi) is 5.08. The third kappa shape index (κ3) is 3.83. The summed E-state index contributed by atoms with van der Waals surface area (Å²) in [6, 6.07) is 7.53. The summed E-state index contributed by atoms with van der Waals surface area (Å²) >= 11 is 7.37. The number of hydrogen-bond donors (Lipinski definition) is 1. The van der Waals surface area contributed by atoms with E-state index in [4.69, 9.17) is 16.4 Å². The summed E-state index contributed by atoms with van der Waals surface area (Å²) in [5.74, 6) is 0.275. The zero-order chi connectivity index (χ0) is 17.9. The van der Waals surface area contributed by atoms with Crippen LogP contribution in [0.1, 0.15) is 30.6 Å². The van der Waals surface area contributed by atoms with Gasteiger partial charge in [-0.3, -0.25) is 4.79 Å². The Bertz CT molecular complexity index is 815. The molecule has 2 aromatic rings. The van der Waals surface area contributed by atoms with E-state index in [9.17, 15) is 4.79 Å². The van der Waals surface area contributed by atoms with Gasteiger partial charge in [-0.15, -0.1) is 11.3 Å². The van der Waals surface area contributed by atoms with Crippen molar-refractivity contribution in [2.24, 2.45) is 5.16 Å². The van der Waals surface area contributed by atoms with Gasteiger partial charge in [-0.2, -0.15) is 0 Å². The molecule has 0 radical (unpaired) electrons. The maximum Gasteiger partial charge on any atom is 0.269 e. The molecule has 8 heteroatoms. The molecule has 1 unspecified atom stereocenters. The molecule has 4 rings (SSSR count). The average molecular weight is 391 g/mol. The lowest BCUT2D eigenvalue weighted by Crippen LogP contribution is -2.30. The lowest BCUT2D eigenvalue weighted by Gasteiger charge is -2.28. The molecule has 0 saturated carbocycles. The normalized spacial score (nSPS) is 19.8. The smallest absolute Gasteiger partial charge is 0.269 e. The molecule has 1 saturated heterocycles. The van der Waals surface area contributed by atoms with Crippen LogP contribution in [0.4, 0.5) is 11.5 Å². The Balaban J connectivity index is 1.33. The summed E-state index contributed by atoms with van der Waals surface area (Å²) in [6.45, 7) is 2.13. The predicted molar refractivity (Wildman–Crippen MR) is 104 cm³/mol. The highest BCUT2D eigenvalue weighted by Gasteiger charge is 2.29. The van der Waals surface area contributed by atoms with Crippen molar-refractivity contribution >= 4 is 46.1 Å². The lowest BCUT2D eigenvalue weighted by molar-refractivity contribution is -0.125. The fraction of sp³-hybridized carbons (Fsp3) is 0.389. The van der Waals surface area contributed by atoms with E-state index in [1.807, 2.05) is 30.5 Å². The lowest BCUT2D eigenvalue weighted by atomic mass is 10.1. The van der Waals surface area contributed by atoms with E-state index >= 15 is 0 Å². The van der Waals surface area contributed by atoms with Crippen LogP contribution in [0.25, 0.3) is 0 Å². The number of oxime groups is 1. The molecular formula is C18H19ClN4O2S. The average Bonchev–Trinajstić information content (AvgIpc) is 3.32. The van der Waals surface area contributed by atoms with Crippen LogP contribution in [0.5, 0.6) is 0 Å². The molecule has 0 bridgehead atoms. The minimum atomic E-state index is -0.644. The molecule has 1 N–H and O–H groups in total. The third-order valence-corrected chi connectivity index (χ3v) is 5.82. The first-order valence-corrected chi connectivity index (χ1v) is 9.89. The van der Waals surface area contributed by atoms with Crippen LogP contribution >= 0.6 is 22.9 Å².